The summed E-state index contributed by atoms with van der Waals surface area (Å²) in [6, 6.07) is 17.9. The molecule has 4 aromatic rings. The third-order valence-corrected chi connectivity index (χ3v) is 5.59. The molecule has 0 aliphatic rings. The number of nitrogens with zero attached hydrogens (tertiary/aromatic N) is 2. The number of hydrogen-bond donors (Lipinski definition) is 3. The predicted molar refractivity (Wildman–Crippen MR) is 130 cm³/mol. The molecule has 3 aromatic carbocycles. The number of rotatable bonds is 7. The van der Waals surface area contributed by atoms with Gasteiger partial charge in [-0.05, 0) is 35.4 Å². The highest BCUT2D eigenvalue weighted by atomic mass is 32.2. The highest BCUT2D eigenvalue weighted by Crippen LogP contribution is 2.38. The Labute approximate surface area is 209 Å². The van der Waals surface area contributed by atoms with Gasteiger partial charge < -0.3 is 10.5 Å². The van der Waals surface area contributed by atoms with E-state index in [1.54, 1.807) is 6.07 Å². The molecule has 1 unspecified atom stereocenters. The molecule has 0 bridgehead atoms. The standard InChI is InChI=1S/C24H19F4N5O3S/c25-18-3-1-2-17(12-18)14-4-6-16(7-5-14)22(24(26,27)28)36-21-13-20(31-23(29)32-21)15-8-10-19(11-9-15)33-37(30,34)35/h1-13,22,33H,(H2,29,31,32)(H2,30,34,35). The molecule has 1 heterocycles. The average molecular weight is 534 g/mol. The minimum Gasteiger partial charge on any atom is -0.460 e. The summed E-state index contributed by atoms with van der Waals surface area (Å²) in [6.45, 7) is 0. The molecule has 5 N–H and O–H groups in total. The van der Waals surface area contributed by atoms with Gasteiger partial charge in [-0.2, -0.15) is 26.6 Å². The van der Waals surface area contributed by atoms with Gasteiger partial charge in [0.1, 0.15) is 5.82 Å². The minimum absolute atomic E-state index is 0.145. The van der Waals surface area contributed by atoms with Gasteiger partial charge in [-0.3, -0.25) is 4.72 Å². The lowest BCUT2D eigenvalue weighted by atomic mass is 10.0. The van der Waals surface area contributed by atoms with E-state index >= 15 is 0 Å². The molecule has 0 amide bonds. The van der Waals surface area contributed by atoms with Crippen LogP contribution in [-0.2, 0) is 10.2 Å². The Morgan fingerprint density at radius 1 is 0.865 bits per heavy atom. The fourth-order valence-electron chi connectivity index (χ4n) is 3.49. The topological polar surface area (TPSA) is 133 Å². The van der Waals surface area contributed by atoms with E-state index in [9.17, 15) is 26.0 Å². The van der Waals surface area contributed by atoms with Crippen molar-refractivity contribution in [3.63, 3.8) is 0 Å². The van der Waals surface area contributed by atoms with Crippen molar-refractivity contribution >= 4 is 21.8 Å². The highest BCUT2D eigenvalue weighted by molar-refractivity contribution is 7.90. The fraction of sp³-hybridized carbons (Fsp3) is 0.0833. The van der Waals surface area contributed by atoms with Crippen LogP contribution in [0.1, 0.15) is 11.7 Å². The van der Waals surface area contributed by atoms with Gasteiger partial charge in [-0.15, -0.1) is 0 Å². The van der Waals surface area contributed by atoms with E-state index in [0.29, 0.717) is 16.7 Å². The Kier molecular flexibility index (Phi) is 7.01. The molecule has 37 heavy (non-hydrogen) atoms. The first-order valence-electron chi connectivity index (χ1n) is 10.5. The SMILES string of the molecule is Nc1nc(OC(c2ccc(-c3cccc(F)c3)cc2)C(F)(F)F)cc(-c2ccc(NS(N)(=O)=O)cc2)n1. The second-order valence-corrected chi connectivity index (χ2v) is 9.14. The summed E-state index contributed by atoms with van der Waals surface area (Å²) in [7, 11) is -3.98. The molecule has 0 radical (unpaired) electrons. The Hall–Kier alpha value is -4.23. The number of nitrogen functional groups attached to an aromatic ring is 1. The maximum atomic E-state index is 14.0. The maximum Gasteiger partial charge on any atom is 0.429 e. The number of nitrogens with two attached hydrogens (primary N) is 2. The van der Waals surface area contributed by atoms with E-state index in [-0.39, 0.29) is 22.9 Å². The summed E-state index contributed by atoms with van der Waals surface area (Å²) >= 11 is 0. The van der Waals surface area contributed by atoms with E-state index in [1.165, 1.54) is 72.8 Å². The van der Waals surface area contributed by atoms with Gasteiger partial charge in [-0.1, -0.05) is 48.5 Å². The van der Waals surface area contributed by atoms with Gasteiger partial charge in [0.2, 0.25) is 17.9 Å². The number of ether oxygens (including phenoxy) is 1. The molecule has 0 saturated heterocycles. The quantitative estimate of drug-likeness (QED) is 0.292. The summed E-state index contributed by atoms with van der Waals surface area (Å²) in [5.74, 6) is -1.22. The molecule has 1 aromatic heterocycles. The second-order valence-electron chi connectivity index (χ2n) is 7.85. The van der Waals surface area contributed by atoms with Crippen LogP contribution in [0.3, 0.4) is 0 Å². The van der Waals surface area contributed by atoms with Crippen LogP contribution in [0.5, 0.6) is 5.88 Å². The lowest BCUT2D eigenvalue weighted by molar-refractivity contribution is -0.198. The van der Waals surface area contributed by atoms with Gasteiger partial charge in [0.15, 0.2) is 0 Å². The first-order valence-corrected chi connectivity index (χ1v) is 12.1. The van der Waals surface area contributed by atoms with Crippen molar-refractivity contribution in [3.8, 4) is 28.3 Å². The normalized spacial score (nSPS) is 12.7. The number of halogens is 4. The molecule has 0 aliphatic carbocycles. The van der Waals surface area contributed by atoms with Crippen molar-refractivity contribution in [3.05, 3.63) is 90.2 Å². The summed E-state index contributed by atoms with van der Waals surface area (Å²) in [5.41, 5.74) is 7.26. The molecule has 0 fully saturated rings. The van der Waals surface area contributed by atoms with Crippen LogP contribution < -0.4 is 20.3 Å². The number of aromatic nitrogens is 2. The number of nitrogens with one attached hydrogen (secondary N) is 1. The van der Waals surface area contributed by atoms with Gasteiger partial charge in [0.25, 0.3) is 10.2 Å². The van der Waals surface area contributed by atoms with Crippen LogP contribution in [0.25, 0.3) is 22.4 Å². The van der Waals surface area contributed by atoms with E-state index in [0.717, 1.165) is 0 Å². The Morgan fingerprint density at radius 3 is 2.11 bits per heavy atom. The van der Waals surface area contributed by atoms with Crippen LogP contribution in [0, 0.1) is 5.82 Å². The lowest BCUT2D eigenvalue weighted by Crippen LogP contribution is -2.26. The zero-order valence-electron chi connectivity index (χ0n) is 18.8. The van der Waals surface area contributed by atoms with Gasteiger partial charge >= 0.3 is 6.18 Å². The zero-order valence-corrected chi connectivity index (χ0v) is 19.6. The third-order valence-electron chi connectivity index (χ3n) is 5.07. The van der Waals surface area contributed by atoms with Crippen molar-refractivity contribution < 1.29 is 30.7 Å². The van der Waals surface area contributed by atoms with Crippen LogP contribution in [0.15, 0.2) is 78.9 Å². The van der Waals surface area contributed by atoms with Crippen molar-refractivity contribution in [2.75, 3.05) is 10.5 Å². The summed E-state index contributed by atoms with van der Waals surface area (Å²) < 4.78 is 85.0. The van der Waals surface area contributed by atoms with E-state index in [1.807, 2.05) is 0 Å². The molecule has 13 heteroatoms. The van der Waals surface area contributed by atoms with Crippen molar-refractivity contribution in [1.82, 2.24) is 9.97 Å². The zero-order chi connectivity index (χ0) is 26.8. The maximum absolute atomic E-state index is 14.0. The average Bonchev–Trinajstić information content (AvgIpc) is 2.81. The van der Waals surface area contributed by atoms with Gasteiger partial charge in [0, 0.05) is 22.9 Å². The van der Waals surface area contributed by atoms with E-state index in [4.69, 9.17) is 15.6 Å². The van der Waals surface area contributed by atoms with Crippen molar-refractivity contribution in [2.24, 2.45) is 5.14 Å². The Balaban J connectivity index is 1.61. The molecular weight excluding hydrogens is 514 g/mol. The largest absolute Gasteiger partial charge is 0.460 e. The van der Waals surface area contributed by atoms with Gasteiger partial charge in [-0.25, -0.2) is 14.5 Å². The van der Waals surface area contributed by atoms with Crippen LogP contribution in [0.2, 0.25) is 0 Å². The Bertz CT molecular complexity index is 1510. The summed E-state index contributed by atoms with van der Waals surface area (Å²) in [6.07, 6.45) is -7.18. The van der Waals surface area contributed by atoms with E-state index < -0.39 is 34.2 Å². The summed E-state index contributed by atoms with van der Waals surface area (Å²) in [5, 5.41) is 4.93. The van der Waals surface area contributed by atoms with Crippen molar-refractivity contribution in [2.45, 2.75) is 12.3 Å². The highest BCUT2D eigenvalue weighted by Gasteiger charge is 2.43. The molecule has 192 valence electrons. The van der Waals surface area contributed by atoms with Crippen molar-refractivity contribution in [1.29, 1.82) is 0 Å². The number of hydrogen-bond acceptors (Lipinski definition) is 6. The molecule has 4 rings (SSSR count). The van der Waals surface area contributed by atoms with Crippen LogP contribution >= 0.6 is 0 Å². The van der Waals surface area contributed by atoms with E-state index in [2.05, 4.69) is 14.7 Å². The lowest BCUT2D eigenvalue weighted by Gasteiger charge is -2.22. The van der Waals surface area contributed by atoms with Crippen LogP contribution in [0.4, 0.5) is 29.2 Å². The Morgan fingerprint density at radius 2 is 1.51 bits per heavy atom. The fourth-order valence-corrected chi connectivity index (χ4v) is 3.95. The monoisotopic (exact) mass is 533 g/mol. The molecule has 1 atom stereocenters. The molecule has 0 spiro atoms. The van der Waals surface area contributed by atoms with Crippen LogP contribution in [-0.4, -0.2) is 24.6 Å². The number of alkyl halides is 3. The first kappa shape index (κ1) is 25.9. The third kappa shape index (κ3) is 6.71. The summed E-state index contributed by atoms with van der Waals surface area (Å²) in [4.78, 5) is 7.79. The number of benzene rings is 3. The minimum atomic E-state index is -4.80. The smallest absolute Gasteiger partial charge is 0.429 e. The second kappa shape index (κ2) is 10.0. The molecule has 8 nitrogen and oxygen atoms in total. The molecule has 0 aliphatic heterocycles. The number of anilines is 2. The van der Waals surface area contributed by atoms with Gasteiger partial charge in [0.05, 0.1) is 5.69 Å². The predicted octanol–water partition coefficient (Wildman–Crippen LogP) is 4.83. The molecular formula is C24H19F4N5O3S. The first-order chi connectivity index (χ1) is 17.4. The molecule has 0 saturated carbocycles.